The molecule has 106 valence electrons. The Bertz CT molecular complexity index is 251. The van der Waals surface area contributed by atoms with Crippen LogP contribution in [0.4, 0.5) is 4.79 Å². The smallest absolute Gasteiger partial charge is 0.319 e. The molecule has 1 fully saturated rings. The van der Waals surface area contributed by atoms with E-state index in [0.29, 0.717) is 12.0 Å². The number of piperidine rings is 1. The van der Waals surface area contributed by atoms with Crippen LogP contribution in [0.2, 0.25) is 0 Å². The highest BCUT2D eigenvalue weighted by atomic mass is 16.2. The summed E-state index contributed by atoms with van der Waals surface area (Å²) in [5.74, 6) is 0.612. The van der Waals surface area contributed by atoms with Crippen LogP contribution >= 0.6 is 0 Å². The molecule has 1 heterocycles. The molecule has 0 aromatic carbocycles. The standard InChI is InChI=1S/C14H29N3O/c1-5-16(6-2)14(18)17-9-7-8-13(11-17)10-15-12(3)4/h12-13,15H,5-11H2,1-4H3. The highest BCUT2D eigenvalue weighted by molar-refractivity contribution is 5.74. The summed E-state index contributed by atoms with van der Waals surface area (Å²) in [7, 11) is 0. The number of nitrogens with one attached hydrogen (secondary N) is 1. The second-order valence-electron chi connectivity index (χ2n) is 5.47. The number of carbonyl (C=O) groups is 1. The molecule has 1 aliphatic heterocycles. The average molecular weight is 255 g/mol. The van der Waals surface area contributed by atoms with E-state index in [0.717, 1.165) is 39.1 Å². The molecule has 0 spiro atoms. The van der Waals surface area contributed by atoms with Gasteiger partial charge in [-0.05, 0) is 39.2 Å². The number of amides is 2. The van der Waals surface area contributed by atoms with E-state index in [2.05, 4.69) is 19.2 Å². The monoisotopic (exact) mass is 255 g/mol. The number of rotatable bonds is 5. The number of hydrogen-bond donors (Lipinski definition) is 1. The lowest BCUT2D eigenvalue weighted by atomic mass is 9.98. The number of carbonyl (C=O) groups excluding carboxylic acids is 1. The van der Waals surface area contributed by atoms with Crippen molar-refractivity contribution in [3.05, 3.63) is 0 Å². The Kier molecular flexibility index (Phi) is 6.47. The molecule has 2 amide bonds. The summed E-state index contributed by atoms with van der Waals surface area (Å²) in [5, 5.41) is 3.48. The van der Waals surface area contributed by atoms with Gasteiger partial charge in [-0.3, -0.25) is 0 Å². The minimum absolute atomic E-state index is 0.217. The maximum atomic E-state index is 12.3. The highest BCUT2D eigenvalue weighted by Gasteiger charge is 2.25. The number of likely N-dealkylation sites (tertiary alicyclic amines) is 1. The van der Waals surface area contributed by atoms with E-state index >= 15 is 0 Å². The van der Waals surface area contributed by atoms with Crippen LogP contribution in [0.1, 0.15) is 40.5 Å². The van der Waals surface area contributed by atoms with E-state index in [4.69, 9.17) is 0 Å². The predicted molar refractivity (Wildman–Crippen MR) is 75.8 cm³/mol. The summed E-state index contributed by atoms with van der Waals surface area (Å²) in [5.41, 5.74) is 0. The fourth-order valence-electron chi connectivity index (χ4n) is 2.50. The summed E-state index contributed by atoms with van der Waals surface area (Å²) < 4.78 is 0. The molecule has 1 N–H and O–H groups in total. The molecule has 1 aliphatic rings. The topological polar surface area (TPSA) is 35.6 Å². The second kappa shape index (κ2) is 7.62. The van der Waals surface area contributed by atoms with Crippen LogP contribution in [-0.2, 0) is 0 Å². The Morgan fingerprint density at radius 2 is 2.06 bits per heavy atom. The third-order valence-electron chi connectivity index (χ3n) is 3.64. The molecule has 0 bridgehead atoms. The van der Waals surface area contributed by atoms with E-state index < -0.39 is 0 Å². The van der Waals surface area contributed by atoms with Crippen LogP contribution in [0, 0.1) is 5.92 Å². The third kappa shape index (κ3) is 4.48. The molecule has 4 nitrogen and oxygen atoms in total. The number of urea groups is 1. The molecule has 0 aromatic heterocycles. The van der Waals surface area contributed by atoms with E-state index in [9.17, 15) is 4.79 Å². The number of nitrogens with zero attached hydrogens (tertiary/aromatic N) is 2. The molecule has 1 unspecified atom stereocenters. The number of hydrogen-bond acceptors (Lipinski definition) is 2. The van der Waals surface area contributed by atoms with Crippen LogP contribution in [0.15, 0.2) is 0 Å². The first-order valence-electron chi connectivity index (χ1n) is 7.35. The molecule has 18 heavy (non-hydrogen) atoms. The Hall–Kier alpha value is -0.770. The van der Waals surface area contributed by atoms with Crippen molar-refractivity contribution in [2.75, 3.05) is 32.7 Å². The van der Waals surface area contributed by atoms with Gasteiger partial charge in [0.05, 0.1) is 0 Å². The van der Waals surface area contributed by atoms with Gasteiger partial charge in [0.1, 0.15) is 0 Å². The normalized spacial score (nSPS) is 20.3. The van der Waals surface area contributed by atoms with Crippen molar-refractivity contribution < 1.29 is 4.79 Å². The molecular weight excluding hydrogens is 226 g/mol. The summed E-state index contributed by atoms with van der Waals surface area (Å²) in [4.78, 5) is 16.2. The van der Waals surface area contributed by atoms with Crippen LogP contribution < -0.4 is 5.32 Å². The van der Waals surface area contributed by atoms with Gasteiger partial charge < -0.3 is 15.1 Å². The van der Waals surface area contributed by atoms with Gasteiger partial charge in [-0.15, -0.1) is 0 Å². The van der Waals surface area contributed by atoms with Crippen molar-refractivity contribution in [3.63, 3.8) is 0 Å². The molecule has 0 saturated carbocycles. The average Bonchev–Trinajstić information content (AvgIpc) is 2.38. The van der Waals surface area contributed by atoms with Crippen LogP contribution in [-0.4, -0.2) is 54.6 Å². The maximum absolute atomic E-state index is 12.3. The van der Waals surface area contributed by atoms with Gasteiger partial charge in [-0.25, -0.2) is 4.79 Å². The lowest BCUT2D eigenvalue weighted by Crippen LogP contribution is -2.49. The minimum atomic E-state index is 0.217. The first-order valence-corrected chi connectivity index (χ1v) is 7.35. The first-order chi connectivity index (χ1) is 8.58. The van der Waals surface area contributed by atoms with E-state index in [-0.39, 0.29) is 6.03 Å². The molecule has 1 atom stereocenters. The van der Waals surface area contributed by atoms with Gasteiger partial charge in [-0.2, -0.15) is 0 Å². The van der Waals surface area contributed by atoms with Gasteiger partial charge in [0.25, 0.3) is 0 Å². The Morgan fingerprint density at radius 3 is 2.61 bits per heavy atom. The van der Waals surface area contributed by atoms with Gasteiger partial charge in [0, 0.05) is 32.2 Å². The summed E-state index contributed by atoms with van der Waals surface area (Å²) in [6, 6.07) is 0.744. The van der Waals surface area contributed by atoms with Crippen molar-refractivity contribution in [2.45, 2.75) is 46.6 Å². The van der Waals surface area contributed by atoms with E-state index in [1.807, 2.05) is 23.6 Å². The van der Waals surface area contributed by atoms with Crippen LogP contribution in [0.5, 0.6) is 0 Å². The van der Waals surface area contributed by atoms with Gasteiger partial charge in [-0.1, -0.05) is 13.8 Å². The Balaban J connectivity index is 2.45. The maximum Gasteiger partial charge on any atom is 0.319 e. The lowest BCUT2D eigenvalue weighted by molar-refractivity contribution is 0.131. The van der Waals surface area contributed by atoms with Gasteiger partial charge in [0.15, 0.2) is 0 Å². The summed E-state index contributed by atoms with van der Waals surface area (Å²) in [6.45, 7) is 12.9. The van der Waals surface area contributed by atoms with E-state index in [1.165, 1.54) is 6.42 Å². The molecule has 4 heteroatoms. The molecule has 0 aromatic rings. The SMILES string of the molecule is CCN(CC)C(=O)N1CCCC(CNC(C)C)C1. The molecule has 0 radical (unpaired) electrons. The highest BCUT2D eigenvalue weighted by Crippen LogP contribution is 2.17. The third-order valence-corrected chi connectivity index (χ3v) is 3.64. The zero-order valence-electron chi connectivity index (χ0n) is 12.4. The fourth-order valence-corrected chi connectivity index (χ4v) is 2.50. The zero-order chi connectivity index (χ0) is 13.5. The summed E-state index contributed by atoms with van der Waals surface area (Å²) >= 11 is 0. The Morgan fingerprint density at radius 1 is 1.39 bits per heavy atom. The van der Waals surface area contributed by atoms with Crippen molar-refractivity contribution in [1.29, 1.82) is 0 Å². The van der Waals surface area contributed by atoms with Crippen molar-refractivity contribution >= 4 is 6.03 Å². The fraction of sp³-hybridized carbons (Fsp3) is 0.929. The quantitative estimate of drug-likeness (QED) is 0.817. The van der Waals surface area contributed by atoms with Gasteiger partial charge >= 0.3 is 6.03 Å². The molecule has 1 rings (SSSR count). The second-order valence-corrected chi connectivity index (χ2v) is 5.47. The van der Waals surface area contributed by atoms with Crippen molar-refractivity contribution in [2.24, 2.45) is 5.92 Å². The largest absolute Gasteiger partial charge is 0.325 e. The minimum Gasteiger partial charge on any atom is -0.325 e. The molecule has 0 aliphatic carbocycles. The van der Waals surface area contributed by atoms with Gasteiger partial charge in [0.2, 0.25) is 0 Å². The van der Waals surface area contributed by atoms with E-state index in [1.54, 1.807) is 0 Å². The predicted octanol–water partition coefficient (Wildman–Crippen LogP) is 2.16. The summed E-state index contributed by atoms with van der Waals surface area (Å²) in [6.07, 6.45) is 2.37. The molecular formula is C14H29N3O. The lowest BCUT2D eigenvalue weighted by Gasteiger charge is -2.36. The molecule has 1 saturated heterocycles. The van der Waals surface area contributed by atoms with Crippen molar-refractivity contribution in [3.8, 4) is 0 Å². The Labute approximate surface area is 112 Å². The zero-order valence-corrected chi connectivity index (χ0v) is 12.4. The van der Waals surface area contributed by atoms with Crippen LogP contribution in [0.3, 0.4) is 0 Å². The van der Waals surface area contributed by atoms with Crippen LogP contribution in [0.25, 0.3) is 0 Å². The van der Waals surface area contributed by atoms with Crippen molar-refractivity contribution in [1.82, 2.24) is 15.1 Å². The first kappa shape index (κ1) is 15.3.